The van der Waals surface area contributed by atoms with Gasteiger partial charge in [-0.2, -0.15) is 0 Å². The summed E-state index contributed by atoms with van der Waals surface area (Å²) in [6, 6.07) is 6.26. The average molecular weight is 205 g/mol. The molecule has 0 aliphatic rings. The van der Waals surface area contributed by atoms with Gasteiger partial charge in [-0.05, 0) is 42.5 Å². The standard InChI is InChI=1S/C14H21O/c1-5-6-13-7-12(4)8-14(9-13)15-10-11(2)3/h7-9,11H,4-6,10H2,1-3H3. The number of aryl methyl sites for hydroxylation is 1. The molecular formula is C14H21O. The van der Waals surface area contributed by atoms with Gasteiger partial charge in [0.2, 0.25) is 0 Å². The summed E-state index contributed by atoms with van der Waals surface area (Å²) < 4.78 is 5.70. The summed E-state index contributed by atoms with van der Waals surface area (Å²) in [7, 11) is 0. The Morgan fingerprint density at radius 2 is 2.00 bits per heavy atom. The molecule has 0 unspecified atom stereocenters. The normalized spacial score (nSPS) is 10.7. The summed E-state index contributed by atoms with van der Waals surface area (Å²) in [4.78, 5) is 0. The Balaban J connectivity index is 2.70. The van der Waals surface area contributed by atoms with Crippen molar-refractivity contribution in [2.45, 2.75) is 33.6 Å². The van der Waals surface area contributed by atoms with Crippen LogP contribution in [0.15, 0.2) is 18.2 Å². The molecule has 0 saturated carbocycles. The Labute approximate surface area is 93.5 Å². The zero-order valence-electron chi connectivity index (χ0n) is 10.0. The van der Waals surface area contributed by atoms with Crippen molar-refractivity contribution >= 4 is 0 Å². The van der Waals surface area contributed by atoms with Crippen LogP contribution in [-0.4, -0.2) is 6.61 Å². The summed E-state index contributed by atoms with van der Waals surface area (Å²) in [5, 5.41) is 0. The van der Waals surface area contributed by atoms with E-state index in [1.807, 2.05) is 6.07 Å². The molecule has 0 bridgehead atoms. The lowest BCUT2D eigenvalue weighted by Crippen LogP contribution is -2.04. The maximum absolute atomic E-state index is 5.70. The minimum Gasteiger partial charge on any atom is -0.493 e. The van der Waals surface area contributed by atoms with Crippen LogP contribution in [0.1, 0.15) is 38.3 Å². The fourth-order valence-corrected chi connectivity index (χ4v) is 1.51. The highest BCUT2D eigenvalue weighted by Crippen LogP contribution is 2.18. The Bertz CT molecular complexity index is 302. The van der Waals surface area contributed by atoms with Crippen LogP contribution in [-0.2, 0) is 6.42 Å². The lowest BCUT2D eigenvalue weighted by atomic mass is 10.1. The molecule has 0 saturated heterocycles. The first-order valence-electron chi connectivity index (χ1n) is 5.70. The van der Waals surface area contributed by atoms with E-state index in [4.69, 9.17) is 4.74 Å². The van der Waals surface area contributed by atoms with Crippen molar-refractivity contribution in [2.75, 3.05) is 6.61 Å². The lowest BCUT2D eigenvalue weighted by molar-refractivity contribution is 0.271. The summed E-state index contributed by atoms with van der Waals surface area (Å²) >= 11 is 0. The van der Waals surface area contributed by atoms with Crippen LogP contribution < -0.4 is 4.74 Å². The molecule has 1 heteroatoms. The summed E-state index contributed by atoms with van der Waals surface area (Å²) in [5.74, 6) is 1.52. The maximum atomic E-state index is 5.70. The second-order valence-electron chi connectivity index (χ2n) is 4.44. The topological polar surface area (TPSA) is 9.23 Å². The van der Waals surface area contributed by atoms with Crippen LogP contribution in [0.3, 0.4) is 0 Å². The predicted octanol–water partition coefficient (Wildman–Crippen LogP) is 3.86. The third-order valence-electron chi connectivity index (χ3n) is 2.15. The summed E-state index contributed by atoms with van der Waals surface area (Å²) in [6.45, 7) is 11.2. The van der Waals surface area contributed by atoms with E-state index in [2.05, 4.69) is 39.8 Å². The molecule has 0 aliphatic heterocycles. The van der Waals surface area contributed by atoms with E-state index in [1.165, 1.54) is 5.56 Å². The van der Waals surface area contributed by atoms with Gasteiger partial charge in [0.15, 0.2) is 0 Å². The molecule has 0 fully saturated rings. The minimum atomic E-state index is 0.563. The molecule has 0 aromatic heterocycles. The quantitative estimate of drug-likeness (QED) is 0.709. The molecule has 0 heterocycles. The fraction of sp³-hybridized carbons (Fsp3) is 0.500. The highest BCUT2D eigenvalue weighted by Gasteiger charge is 2.00. The van der Waals surface area contributed by atoms with Gasteiger partial charge >= 0.3 is 0 Å². The van der Waals surface area contributed by atoms with Gasteiger partial charge in [-0.1, -0.05) is 33.3 Å². The monoisotopic (exact) mass is 205 g/mol. The predicted molar refractivity (Wildman–Crippen MR) is 65.2 cm³/mol. The summed E-state index contributed by atoms with van der Waals surface area (Å²) in [5.41, 5.74) is 2.36. The molecule has 0 aliphatic carbocycles. The minimum absolute atomic E-state index is 0.563. The van der Waals surface area contributed by atoms with E-state index in [-0.39, 0.29) is 0 Å². The number of ether oxygens (including phenoxy) is 1. The van der Waals surface area contributed by atoms with Crippen molar-refractivity contribution in [3.8, 4) is 5.75 Å². The van der Waals surface area contributed by atoms with Crippen molar-refractivity contribution in [1.29, 1.82) is 0 Å². The van der Waals surface area contributed by atoms with E-state index in [0.29, 0.717) is 5.92 Å². The van der Waals surface area contributed by atoms with E-state index in [9.17, 15) is 0 Å². The molecule has 0 amide bonds. The molecule has 1 aromatic rings. The van der Waals surface area contributed by atoms with Crippen molar-refractivity contribution in [2.24, 2.45) is 5.92 Å². The van der Waals surface area contributed by atoms with Gasteiger partial charge < -0.3 is 4.74 Å². The van der Waals surface area contributed by atoms with Gasteiger partial charge in [0.05, 0.1) is 6.61 Å². The average Bonchev–Trinajstić information content (AvgIpc) is 2.14. The second kappa shape index (κ2) is 5.79. The van der Waals surface area contributed by atoms with Crippen LogP contribution >= 0.6 is 0 Å². The summed E-state index contributed by atoms with van der Waals surface area (Å²) in [6.07, 6.45) is 2.26. The van der Waals surface area contributed by atoms with E-state index < -0.39 is 0 Å². The van der Waals surface area contributed by atoms with Gasteiger partial charge in [-0.25, -0.2) is 0 Å². The van der Waals surface area contributed by atoms with Crippen molar-refractivity contribution in [1.82, 2.24) is 0 Å². The van der Waals surface area contributed by atoms with Crippen molar-refractivity contribution in [3.05, 3.63) is 36.2 Å². The molecule has 1 nitrogen and oxygen atoms in total. The highest BCUT2D eigenvalue weighted by molar-refractivity contribution is 5.35. The largest absolute Gasteiger partial charge is 0.493 e. The molecule has 83 valence electrons. The molecule has 0 spiro atoms. The molecule has 0 N–H and O–H groups in total. The van der Waals surface area contributed by atoms with Gasteiger partial charge in [0.1, 0.15) is 5.75 Å². The third-order valence-corrected chi connectivity index (χ3v) is 2.15. The number of hydrogen-bond acceptors (Lipinski definition) is 1. The highest BCUT2D eigenvalue weighted by atomic mass is 16.5. The zero-order valence-corrected chi connectivity index (χ0v) is 10.0. The van der Waals surface area contributed by atoms with Crippen LogP contribution in [0.2, 0.25) is 0 Å². The number of benzene rings is 1. The van der Waals surface area contributed by atoms with Crippen LogP contribution in [0, 0.1) is 12.8 Å². The Kier molecular flexibility index (Phi) is 4.67. The van der Waals surface area contributed by atoms with Crippen molar-refractivity contribution in [3.63, 3.8) is 0 Å². The van der Waals surface area contributed by atoms with Gasteiger partial charge in [-0.3, -0.25) is 0 Å². The van der Waals surface area contributed by atoms with Crippen LogP contribution in [0.25, 0.3) is 0 Å². The Hall–Kier alpha value is -0.980. The van der Waals surface area contributed by atoms with E-state index in [0.717, 1.165) is 30.8 Å². The second-order valence-corrected chi connectivity index (χ2v) is 4.44. The first-order valence-corrected chi connectivity index (χ1v) is 5.70. The van der Waals surface area contributed by atoms with E-state index in [1.54, 1.807) is 0 Å². The molecule has 1 rings (SSSR count). The van der Waals surface area contributed by atoms with Gasteiger partial charge in [0, 0.05) is 0 Å². The molecule has 1 aromatic carbocycles. The van der Waals surface area contributed by atoms with E-state index >= 15 is 0 Å². The first-order chi connectivity index (χ1) is 7.11. The Morgan fingerprint density at radius 1 is 1.27 bits per heavy atom. The number of hydrogen-bond donors (Lipinski definition) is 0. The third kappa shape index (κ3) is 4.37. The number of rotatable bonds is 5. The SMILES string of the molecule is [CH2]c1cc(CCC)cc(OCC(C)C)c1. The maximum Gasteiger partial charge on any atom is 0.119 e. The Morgan fingerprint density at radius 3 is 2.60 bits per heavy atom. The molecular weight excluding hydrogens is 184 g/mol. The molecule has 15 heavy (non-hydrogen) atoms. The fourth-order valence-electron chi connectivity index (χ4n) is 1.51. The lowest BCUT2D eigenvalue weighted by Gasteiger charge is -2.11. The molecule has 0 atom stereocenters. The first kappa shape index (κ1) is 12.1. The van der Waals surface area contributed by atoms with Gasteiger partial charge in [0.25, 0.3) is 0 Å². The zero-order chi connectivity index (χ0) is 11.3. The van der Waals surface area contributed by atoms with Crippen LogP contribution in [0.4, 0.5) is 0 Å². The smallest absolute Gasteiger partial charge is 0.119 e. The van der Waals surface area contributed by atoms with Crippen LogP contribution in [0.5, 0.6) is 5.75 Å². The molecule has 1 radical (unpaired) electrons. The van der Waals surface area contributed by atoms with Crippen molar-refractivity contribution < 1.29 is 4.74 Å². The van der Waals surface area contributed by atoms with Gasteiger partial charge in [-0.15, -0.1) is 0 Å².